The van der Waals surface area contributed by atoms with Crippen LogP contribution in [0.4, 0.5) is 0 Å². The summed E-state index contributed by atoms with van der Waals surface area (Å²) in [5, 5.41) is 23.4. The SMILES string of the molecule is CC1=C(C(C)(C)C(C)(C)C(C)(c2cccc3n[nH]nc23)c2cccc3n[nH]nc23)C(=O)C=CC1. The van der Waals surface area contributed by atoms with Gasteiger partial charge in [-0.25, -0.2) is 0 Å². The van der Waals surface area contributed by atoms with Crippen LogP contribution < -0.4 is 0 Å². The molecule has 0 atom stereocenters. The minimum Gasteiger partial charge on any atom is -0.290 e. The number of benzene rings is 2. The van der Waals surface area contributed by atoms with Gasteiger partial charge in [0.15, 0.2) is 5.78 Å². The number of aromatic amines is 2. The van der Waals surface area contributed by atoms with Gasteiger partial charge in [0.1, 0.15) is 22.1 Å². The molecule has 0 radical (unpaired) electrons. The van der Waals surface area contributed by atoms with E-state index in [0.29, 0.717) is 0 Å². The van der Waals surface area contributed by atoms with Crippen LogP contribution in [0.15, 0.2) is 59.7 Å². The summed E-state index contributed by atoms with van der Waals surface area (Å²) in [6.07, 6.45) is 4.46. The molecule has 0 spiro atoms. The van der Waals surface area contributed by atoms with Crippen molar-refractivity contribution in [3.8, 4) is 0 Å². The Morgan fingerprint density at radius 3 is 1.82 bits per heavy atom. The molecule has 2 N–H and O–H groups in total. The van der Waals surface area contributed by atoms with E-state index in [1.165, 1.54) is 0 Å². The first-order valence-electron chi connectivity index (χ1n) is 11.6. The maximum Gasteiger partial charge on any atom is 0.182 e. The standard InChI is InChI=1S/C27H30N6O/c1-16-10-7-15-21(34)22(16)25(2,3)26(4,5)27(6,17-11-8-13-19-23(17)30-32-28-19)18-12-9-14-20-24(18)31-33-29-20/h7-9,11-15H,10H2,1-6H3,(H,28,30,32)(H,29,31,33). The van der Waals surface area contributed by atoms with Crippen molar-refractivity contribution in [3.05, 3.63) is 70.8 Å². The molecule has 7 nitrogen and oxygen atoms in total. The van der Waals surface area contributed by atoms with Gasteiger partial charge in [-0.3, -0.25) is 4.79 Å². The maximum atomic E-state index is 13.2. The highest BCUT2D eigenvalue weighted by atomic mass is 16.1. The monoisotopic (exact) mass is 454 g/mol. The number of hydrogen-bond donors (Lipinski definition) is 2. The van der Waals surface area contributed by atoms with E-state index in [-0.39, 0.29) is 5.78 Å². The summed E-state index contributed by atoms with van der Waals surface area (Å²) in [6, 6.07) is 12.2. The molecule has 174 valence electrons. The third kappa shape index (κ3) is 2.85. The molecule has 0 unspecified atom stereocenters. The Morgan fingerprint density at radius 2 is 1.32 bits per heavy atom. The highest BCUT2D eigenvalue weighted by Crippen LogP contribution is 2.60. The number of nitrogens with one attached hydrogen (secondary N) is 2. The molecule has 2 aromatic carbocycles. The van der Waals surface area contributed by atoms with Crippen molar-refractivity contribution >= 4 is 27.9 Å². The number of fused-ring (bicyclic) bond motifs is 2. The van der Waals surface area contributed by atoms with E-state index in [9.17, 15) is 4.79 Å². The second kappa shape index (κ2) is 7.45. The van der Waals surface area contributed by atoms with Crippen LogP contribution in [0.3, 0.4) is 0 Å². The number of aromatic nitrogens is 6. The van der Waals surface area contributed by atoms with E-state index in [0.717, 1.165) is 50.8 Å². The van der Waals surface area contributed by atoms with E-state index >= 15 is 0 Å². The van der Waals surface area contributed by atoms with Crippen molar-refractivity contribution in [2.45, 2.75) is 53.4 Å². The second-order valence-corrected chi connectivity index (χ2v) is 10.5. The number of H-pyrrole nitrogens is 2. The molecule has 0 saturated heterocycles. The van der Waals surface area contributed by atoms with Crippen molar-refractivity contribution in [2.24, 2.45) is 10.8 Å². The van der Waals surface area contributed by atoms with Crippen LogP contribution in [0.25, 0.3) is 22.1 Å². The maximum absolute atomic E-state index is 13.2. The summed E-state index contributed by atoms with van der Waals surface area (Å²) in [5.74, 6) is 0.0865. The topological polar surface area (TPSA) is 100 Å². The quantitative estimate of drug-likeness (QED) is 0.419. The molecule has 2 aromatic heterocycles. The van der Waals surface area contributed by atoms with Crippen LogP contribution in [-0.4, -0.2) is 36.6 Å². The molecule has 1 aliphatic carbocycles. The zero-order valence-corrected chi connectivity index (χ0v) is 20.5. The Balaban J connectivity index is 1.87. The van der Waals surface area contributed by atoms with Crippen molar-refractivity contribution in [2.75, 3.05) is 0 Å². The first kappa shape index (κ1) is 22.2. The van der Waals surface area contributed by atoms with E-state index < -0.39 is 16.2 Å². The van der Waals surface area contributed by atoms with Gasteiger partial charge in [-0.2, -0.15) is 30.8 Å². The lowest BCUT2D eigenvalue weighted by Gasteiger charge is -2.55. The summed E-state index contributed by atoms with van der Waals surface area (Å²) in [5.41, 5.74) is 5.71. The number of carbonyl (C=O) groups is 1. The predicted octanol–water partition coefficient (Wildman–Crippen LogP) is 5.43. The summed E-state index contributed by atoms with van der Waals surface area (Å²) in [4.78, 5) is 13.2. The summed E-state index contributed by atoms with van der Waals surface area (Å²) >= 11 is 0. The number of hydrogen-bond acceptors (Lipinski definition) is 5. The van der Waals surface area contributed by atoms with Crippen LogP contribution in [0.5, 0.6) is 0 Å². The molecule has 4 aromatic rings. The molecule has 34 heavy (non-hydrogen) atoms. The fourth-order valence-electron chi connectivity index (χ4n) is 5.88. The Labute approximate surface area is 198 Å². The first-order valence-corrected chi connectivity index (χ1v) is 11.6. The second-order valence-electron chi connectivity index (χ2n) is 10.5. The van der Waals surface area contributed by atoms with Crippen LogP contribution in [0, 0.1) is 10.8 Å². The molecule has 0 fully saturated rings. The van der Waals surface area contributed by atoms with Gasteiger partial charge in [0.05, 0.1) is 0 Å². The highest BCUT2D eigenvalue weighted by molar-refractivity contribution is 6.06. The molecular weight excluding hydrogens is 424 g/mol. The van der Waals surface area contributed by atoms with Crippen LogP contribution in [0.2, 0.25) is 0 Å². The van der Waals surface area contributed by atoms with Crippen molar-refractivity contribution in [1.29, 1.82) is 0 Å². The predicted molar refractivity (Wildman–Crippen MR) is 133 cm³/mol. The fraction of sp³-hybridized carbons (Fsp3) is 0.370. The molecule has 2 heterocycles. The Kier molecular flexibility index (Phi) is 4.86. The molecule has 0 bridgehead atoms. The lowest BCUT2D eigenvalue weighted by molar-refractivity contribution is -0.113. The Morgan fingerprint density at radius 1 is 0.794 bits per heavy atom. The van der Waals surface area contributed by atoms with Crippen LogP contribution in [-0.2, 0) is 10.2 Å². The van der Waals surface area contributed by atoms with E-state index in [4.69, 9.17) is 0 Å². The fourth-order valence-corrected chi connectivity index (χ4v) is 5.88. The summed E-state index contributed by atoms with van der Waals surface area (Å²) < 4.78 is 0. The smallest absolute Gasteiger partial charge is 0.182 e. The van der Waals surface area contributed by atoms with Crippen molar-refractivity contribution in [3.63, 3.8) is 0 Å². The lowest BCUT2D eigenvalue weighted by atomic mass is 9.47. The third-order valence-electron chi connectivity index (χ3n) is 8.58. The minimum absolute atomic E-state index is 0.0865. The van der Waals surface area contributed by atoms with Crippen LogP contribution in [0.1, 0.15) is 59.1 Å². The minimum atomic E-state index is -0.613. The average molecular weight is 455 g/mol. The van der Waals surface area contributed by atoms with Crippen molar-refractivity contribution in [1.82, 2.24) is 30.8 Å². The lowest BCUT2D eigenvalue weighted by Crippen LogP contribution is -2.52. The molecule has 0 aliphatic heterocycles. The molecule has 5 rings (SSSR count). The molecule has 0 amide bonds. The first-order chi connectivity index (χ1) is 16.1. The van der Waals surface area contributed by atoms with Gasteiger partial charge in [0.2, 0.25) is 0 Å². The number of carbonyl (C=O) groups excluding carboxylic acids is 1. The number of para-hydroxylation sites is 2. The molecular formula is C27H30N6O. The van der Waals surface area contributed by atoms with Gasteiger partial charge in [-0.15, -0.1) is 0 Å². The number of allylic oxidation sites excluding steroid dienone is 4. The summed E-state index contributed by atoms with van der Waals surface area (Å²) in [7, 11) is 0. The van der Waals surface area contributed by atoms with Gasteiger partial charge in [0, 0.05) is 11.0 Å². The van der Waals surface area contributed by atoms with Crippen molar-refractivity contribution < 1.29 is 4.79 Å². The van der Waals surface area contributed by atoms with Gasteiger partial charge < -0.3 is 0 Å². The zero-order valence-electron chi connectivity index (χ0n) is 20.5. The normalized spacial score (nSPS) is 15.6. The molecule has 1 aliphatic rings. The third-order valence-corrected chi connectivity index (χ3v) is 8.58. The number of rotatable bonds is 5. The summed E-state index contributed by atoms with van der Waals surface area (Å²) in [6.45, 7) is 13.2. The zero-order chi connectivity index (χ0) is 24.3. The van der Waals surface area contributed by atoms with E-state index in [2.05, 4.69) is 84.5 Å². The molecule has 0 saturated carbocycles. The van der Waals surface area contributed by atoms with Gasteiger partial charge in [-0.1, -0.05) is 70.5 Å². The van der Waals surface area contributed by atoms with E-state index in [1.807, 2.05) is 30.3 Å². The molecule has 7 heteroatoms. The highest BCUT2D eigenvalue weighted by Gasteiger charge is 2.56. The number of ketones is 1. The Hall–Kier alpha value is -3.61. The van der Waals surface area contributed by atoms with Crippen LogP contribution >= 0.6 is 0 Å². The number of nitrogens with zero attached hydrogens (tertiary/aromatic N) is 4. The van der Waals surface area contributed by atoms with Gasteiger partial charge in [0.25, 0.3) is 0 Å². The largest absolute Gasteiger partial charge is 0.290 e. The van der Waals surface area contributed by atoms with E-state index in [1.54, 1.807) is 6.08 Å². The average Bonchev–Trinajstić information content (AvgIpc) is 3.47. The van der Waals surface area contributed by atoms with Gasteiger partial charge in [-0.05, 0) is 53.5 Å². The van der Waals surface area contributed by atoms with Gasteiger partial charge >= 0.3 is 0 Å². The Bertz CT molecular complexity index is 1410.